The van der Waals surface area contributed by atoms with E-state index in [2.05, 4.69) is 38.3 Å². The van der Waals surface area contributed by atoms with Crippen LogP contribution in [0.1, 0.15) is 85.5 Å². The number of hydrogen-bond donors (Lipinski definition) is 2. The molecule has 0 bridgehead atoms. The van der Waals surface area contributed by atoms with Crippen LogP contribution in [0.15, 0.2) is 0 Å². The maximum Gasteiger partial charge on any atom is 0.234 e. The van der Waals surface area contributed by atoms with Gasteiger partial charge < -0.3 is 15.0 Å². The first-order valence-electron chi connectivity index (χ1n) is 15.4. The predicted octanol–water partition coefficient (Wildman–Crippen LogP) is 4.23. The number of rotatable bonds is 3. The van der Waals surface area contributed by atoms with Crippen molar-refractivity contribution in [2.75, 3.05) is 27.2 Å². The normalized spacial score (nSPS) is 52.9. The summed E-state index contributed by atoms with van der Waals surface area (Å²) in [6.45, 7) is 11.0. The topological polar surface area (TPSA) is 70.7 Å². The van der Waals surface area contributed by atoms with Crippen molar-refractivity contribution in [2.45, 2.75) is 103 Å². The number of amides is 1. The second-order valence-corrected chi connectivity index (χ2v) is 15.0. The Morgan fingerprint density at radius 3 is 2.57 bits per heavy atom. The van der Waals surface area contributed by atoms with Gasteiger partial charge in [0.05, 0.1) is 12.6 Å². The van der Waals surface area contributed by atoms with E-state index in [1.165, 1.54) is 19.3 Å². The minimum absolute atomic E-state index is 0.141. The van der Waals surface area contributed by atoms with Crippen LogP contribution in [0.2, 0.25) is 0 Å². The smallest absolute Gasteiger partial charge is 0.234 e. The van der Waals surface area contributed by atoms with Crippen LogP contribution >= 0.6 is 0 Å². The number of hydrogen-bond acceptors (Lipinski definition) is 5. The van der Waals surface area contributed by atoms with E-state index < -0.39 is 0 Å². The summed E-state index contributed by atoms with van der Waals surface area (Å²) in [5.74, 6) is 4.31. The maximum absolute atomic E-state index is 14.3. The number of piperidine rings is 1. The average Bonchev–Trinajstić information content (AvgIpc) is 3.28. The number of ether oxygens (including phenoxy) is 1. The molecule has 12 atom stereocenters. The first kappa shape index (κ1) is 26.3. The molecular formula is C31H51N3O3. The molecule has 0 unspecified atom stereocenters. The van der Waals surface area contributed by atoms with Gasteiger partial charge in [0.1, 0.15) is 11.5 Å². The van der Waals surface area contributed by atoms with Crippen LogP contribution in [-0.4, -0.2) is 61.6 Å². The Kier molecular flexibility index (Phi) is 6.40. The van der Waals surface area contributed by atoms with Gasteiger partial charge in [0, 0.05) is 36.3 Å². The first-order valence-corrected chi connectivity index (χ1v) is 15.4. The van der Waals surface area contributed by atoms with E-state index in [4.69, 9.17) is 4.74 Å². The van der Waals surface area contributed by atoms with Crippen molar-refractivity contribution in [3.63, 3.8) is 0 Å². The van der Waals surface area contributed by atoms with E-state index >= 15 is 0 Å². The van der Waals surface area contributed by atoms with E-state index in [-0.39, 0.29) is 34.6 Å². The summed E-state index contributed by atoms with van der Waals surface area (Å²) < 4.78 is 6.96. The number of ketones is 1. The lowest BCUT2D eigenvalue weighted by atomic mass is 9.44. The number of nitrogens with zero attached hydrogens (tertiary/aromatic N) is 1. The van der Waals surface area contributed by atoms with Crippen LogP contribution in [0, 0.1) is 52.3 Å². The Morgan fingerprint density at radius 1 is 1.08 bits per heavy atom. The van der Waals surface area contributed by atoms with Gasteiger partial charge in [0.25, 0.3) is 0 Å². The second kappa shape index (κ2) is 9.02. The summed E-state index contributed by atoms with van der Waals surface area (Å²) in [5.41, 5.74) is -0.235. The van der Waals surface area contributed by atoms with Crippen molar-refractivity contribution in [3.8, 4) is 0 Å². The van der Waals surface area contributed by atoms with E-state index in [0.29, 0.717) is 53.8 Å². The van der Waals surface area contributed by atoms with Gasteiger partial charge in [-0.1, -0.05) is 27.7 Å². The average molecular weight is 514 g/mol. The third-order valence-electron chi connectivity index (χ3n) is 12.8. The van der Waals surface area contributed by atoms with Crippen LogP contribution in [-0.2, 0) is 14.3 Å². The Balaban J connectivity index is 1.19. The Bertz CT molecular complexity index is 929. The van der Waals surface area contributed by atoms with Gasteiger partial charge in [-0.05, 0) is 100 Å². The highest BCUT2D eigenvalue weighted by Crippen LogP contribution is 2.70. The molecule has 37 heavy (non-hydrogen) atoms. The van der Waals surface area contributed by atoms with E-state index in [1.54, 1.807) is 0 Å². The molecule has 2 N–H and O–H groups in total. The highest BCUT2D eigenvalue weighted by atomic mass is 16.5. The van der Waals surface area contributed by atoms with Crippen molar-refractivity contribution >= 4 is 11.7 Å². The Morgan fingerprint density at radius 2 is 1.86 bits per heavy atom. The van der Waals surface area contributed by atoms with Crippen molar-refractivity contribution in [2.24, 2.45) is 52.3 Å². The Labute approximate surface area is 224 Å². The molecule has 6 fully saturated rings. The van der Waals surface area contributed by atoms with Crippen LogP contribution in [0.25, 0.3) is 0 Å². The molecule has 208 valence electrons. The zero-order valence-electron chi connectivity index (χ0n) is 24.1. The monoisotopic (exact) mass is 513 g/mol. The molecule has 2 heterocycles. The summed E-state index contributed by atoms with van der Waals surface area (Å²) >= 11 is 0. The SMILES string of the molecule is C[C@@H]1CC[C@@]2(NC1)O[C@H]1C[C@H]3[C@@H]4CC[C@H]5C[C@H](NC(=O)CN(C)C)CC[C@]5(C)[C@H]4CC(=O)[C@]3(C)[C@H]1[C@@H]2C. The van der Waals surface area contributed by atoms with Crippen LogP contribution in [0.5, 0.6) is 0 Å². The molecule has 2 aliphatic heterocycles. The molecule has 0 radical (unpaired) electrons. The zero-order chi connectivity index (χ0) is 26.3. The predicted molar refractivity (Wildman–Crippen MR) is 145 cm³/mol. The third kappa shape index (κ3) is 3.89. The highest BCUT2D eigenvalue weighted by Gasteiger charge is 2.71. The minimum atomic E-state index is -0.236. The summed E-state index contributed by atoms with van der Waals surface area (Å²) in [7, 11) is 3.89. The second-order valence-electron chi connectivity index (χ2n) is 15.0. The van der Waals surface area contributed by atoms with E-state index in [1.807, 2.05) is 19.0 Å². The van der Waals surface area contributed by atoms with Crippen molar-refractivity contribution < 1.29 is 14.3 Å². The standard InChI is InChI=1S/C31H51N3O3/c1-18-9-12-31(32-16-18)19(2)28-25(37-31)14-24-22-8-7-20-13-21(33-27(36)17-34(5)6)10-11-29(20,3)23(22)15-26(35)30(24,28)4/h18-25,28,32H,7-17H2,1-6H3,(H,33,36)/t18-,19+,20+,21-,22-,23+,24+,25+,28+,29+,30-,31-/m1/s1. The zero-order valence-corrected chi connectivity index (χ0v) is 24.1. The van der Waals surface area contributed by atoms with Crippen LogP contribution in [0.3, 0.4) is 0 Å². The molecule has 6 heteroatoms. The lowest BCUT2D eigenvalue weighted by Crippen LogP contribution is -2.60. The highest BCUT2D eigenvalue weighted by molar-refractivity contribution is 5.87. The van der Waals surface area contributed by atoms with Crippen molar-refractivity contribution in [3.05, 3.63) is 0 Å². The third-order valence-corrected chi connectivity index (χ3v) is 12.8. The fraction of sp³-hybridized carbons (Fsp3) is 0.935. The molecule has 1 spiro atoms. The van der Waals surface area contributed by atoms with Crippen molar-refractivity contribution in [1.29, 1.82) is 0 Å². The quantitative estimate of drug-likeness (QED) is 0.591. The molecular weight excluding hydrogens is 462 g/mol. The number of Topliss-reactive ketones (excluding diaryl/α,β-unsaturated/α-hetero) is 1. The van der Waals surface area contributed by atoms with Crippen LogP contribution < -0.4 is 10.6 Å². The van der Waals surface area contributed by atoms with Crippen molar-refractivity contribution in [1.82, 2.24) is 15.5 Å². The molecule has 4 saturated carbocycles. The molecule has 0 aromatic carbocycles. The number of nitrogens with one attached hydrogen (secondary N) is 2. The number of carbonyl (C=O) groups is 2. The van der Waals surface area contributed by atoms with Gasteiger partial charge in [-0.3, -0.25) is 14.9 Å². The minimum Gasteiger partial charge on any atom is -0.357 e. The fourth-order valence-electron chi connectivity index (χ4n) is 10.8. The largest absolute Gasteiger partial charge is 0.357 e. The molecule has 4 aliphatic carbocycles. The molecule has 6 rings (SSSR count). The van der Waals surface area contributed by atoms with Gasteiger partial charge in [-0.15, -0.1) is 0 Å². The first-order chi connectivity index (χ1) is 17.5. The number of fused-ring (bicyclic) bond motifs is 7. The van der Waals surface area contributed by atoms with Gasteiger partial charge in [0.2, 0.25) is 5.91 Å². The lowest BCUT2D eigenvalue weighted by Gasteiger charge is -2.60. The van der Waals surface area contributed by atoms with Gasteiger partial charge in [-0.25, -0.2) is 0 Å². The van der Waals surface area contributed by atoms with Gasteiger partial charge >= 0.3 is 0 Å². The summed E-state index contributed by atoms with van der Waals surface area (Å²) in [4.78, 5) is 28.6. The molecule has 1 amide bonds. The van der Waals surface area contributed by atoms with E-state index in [9.17, 15) is 9.59 Å². The van der Waals surface area contributed by atoms with Gasteiger partial charge in [-0.2, -0.15) is 0 Å². The molecule has 2 saturated heterocycles. The summed E-state index contributed by atoms with van der Waals surface area (Å²) in [6.07, 6.45) is 10.1. The summed E-state index contributed by atoms with van der Waals surface area (Å²) in [5, 5.41) is 7.13. The molecule has 6 nitrogen and oxygen atoms in total. The van der Waals surface area contributed by atoms with Gasteiger partial charge in [0.15, 0.2) is 0 Å². The number of carbonyl (C=O) groups excluding carboxylic acids is 2. The fourth-order valence-corrected chi connectivity index (χ4v) is 10.8. The molecule has 0 aromatic rings. The van der Waals surface area contributed by atoms with Crippen LogP contribution in [0.4, 0.5) is 0 Å². The molecule has 6 aliphatic rings. The Hall–Kier alpha value is -0.980. The summed E-state index contributed by atoms with van der Waals surface area (Å²) in [6, 6.07) is 0.286. The maximum atomic E-state index is 14.3. The van der Waals surface area contributed by atoms with E-state index in [0.717, 1.165) is 45.1 Å². The lowest BCUT2D eigenvalue weighted by molar-refractivity contribution is -0.160. The number of likely N-dealkylation sites (N-methyl/N-ethyl adjacent to an activating group) is 1. The molecule has 0 aromatic heterocycles.